The molecule has 0 fully saturated rings. The molecular weight excluding hydrogens is 529 g/mol. The van der Waals surface area contributed by atoms with Gasteiger partial charge < -0.3 is 25.8 Å². The molecule has 0 aromatic heterocycles. The summed E-state index contributed by atoms with van der Waals surface area (Å²) in [6.07, 6.45) is 0. The minimum absolute atomic E-state index is 0.00827. The van der Waals surface area contributed by atoms with E-state index in [0.29, 0.717) is 11.3 Å². The number of carbonyl (C=O) groups excluding carboxylic acids is 2. The zero-order valence-electron chi connectivity index (χ0n) is 19.2. The van der Waals surface area contributed by atoms with Gasteiger partial charge in [0.05, 0.1) is 0 Å². The Morgan fingerprint density at radius 3 is 2.27 bits per heavy atom. The van der Waals surface area contributed by atoms with Crippen LogP contribution in [0.3, 0.4) is 0 Å². The first-order chi connectivity index (χ1) is 17.4. The van der Waals surface area contributed by atoms with E-state index in [1.54, 1.807) is 24.3 Å². The van der Waals surface area contributed by atoms with E-state index < -0.39 is 39.6 Å². The fraction of sp³-hybridized carbons (Fsp3) is 0.125. The van der Waals surface area contributed by atoms with Crippen LogP contribution in [0.15, 0.2) is 65.6 Å². The van der Waals surface area contributed by atoms with Crippen LogP contribution < -0.4 is 20.7 Å². The Bertz CT molecular complexity index is 1450. The zero-order chi connectivity index (χ0) is 27.2. The molecule has 3 amide bonds. The summed E-state index contributed by atoms with van der Waals surface area (Å²) in [6.45, 7) is 1.17. The van der Waals surface area contributed by atoms with Crippen molar-refractivity contribution >= 4 is 51.1 Å². The van der Waals surface area contributed by atoms with Gasteiger partial charge in [0.25, 0.3) is 5.91 Å². The molecule has 3 aromatic rings. The normalized spacial score (nSPS) is 10.9. The van der Waals surface area contributed by atoms with Crippen molar-refractivity contribution in [2.45, 2.75) is 18.4 Å². The number of benzene rings is 3. The summed E-state index contributed by atoms with van der Waals surface area (Å²) in [7, 11) is -4.93. The van der Waals surface area contributed by atoms with Crippen LogP contribution in [-0.2, 0) is 21.6 Å². The second-order valence-electron chi connectivity index (χ2n) is 7.71. The number of rotatable bonds is 9. The van der Waals surface area contributed by atoms with Crippen molar-refractivity contribution in [3.05, 3.63) is 82.4 Å². The van der Waals surface area contributed by atoms with Gasteiger partial charge >= 0.3 is 22.2 Å². The largest absolute Gasteiger partial charge is 0.483 e. The number of aryl methyl sites for hydroxylation is 1. The maximum atomic E-state index is 13.4. The van der Waals surface area contributed by atoms with E-state index in [-0.39, 0.29) is 34.1 Å². The van der Waals surface area contributed by atoms with Crippen molar-refractivity contribution in [2.24, 2.45) is 0 Å². The number of ether oxygens (including phenoxy) is 1. The first kappa shape index (κ1) is 27.4. The van der Waals surface area contributed by atoms with Gasteiger partial charge in [-0.2, -0.15) is 8.42 Å². The number of hydrogen-bond donors (Lipinski definition) is 4. The molecule has 0 bridgehead atoms. The van der Waals surface area contributed by atoms with Gasteiger partial charge in [0.2, 0.25) is 0 Å². The third-order valence-electron chi connectivity index (χ3n) is 4.94. The highest BCUT2D eigenvalue weighted by molar-refractivity contribution is 7.86. The van der Waals surface area contributed by atoms with Gasteiger partial charge in [0.15, 0.2) is 6.61 Å². The van der Waals surface area contributed by atoms with Crippen LogP contribution in [0.4, 0.5) is 20.1 Å². The number of anilines is 2. The summed E-state index contributed by atoms with van der Waals surface area (Å²) < 4.78 is 41.1. The molecule has 4 N–H and O–H groups in total. The Balaban J connectivity index is 1.50. The Morgan fingerprint density at radius 2 is 1.62 bits per heavy atom. The van der Waals surface area contributed by atoms with E-state index in [4.69, 9.17) is 16.3 Å². The second kappa shape index (κ2) is 11.7. The molecule has 13 heteroatoms. The summed E-state index contributed by atoms with van der Waals surface area (Å²) in [5.41, 5.74) is 1.24. The van der Waals surface area contributed by atoms with Crippen LogP contribution >= 0.6 is 11.6 Å². The molecule has 37 heavy (non-hydrogen) atoms. The van der Waals surface area contributed by atoms with Crippen LogP contribution in [0, 0.1) is 6.92 Å². The number of carbonyl (C=O) groups is 3. The molecule has 3 aromatic carbocycles. The molecule has 3 rings (SSSR count). The maximum absolute atomic E-state index is 13.4. The zero-order valence-corrected chi connectivity index (χ0v) is 20.8. The Hall–Kier alpha value is -4.16. The van der Waals surface area contributed by atoms with Gasteiger partial charge in [-0.3, -0.25) is 4.79 Å². The summed E-state index contributed by atoms with van der Waals surface area (Å²) in [4.78, 5) is 35.1. The van der Waals surface area contributed by atoms with Crippen molar-refractivity contribution < 1.29 is 36.5 Å². The fourth-order valence-electron chi connectivity index (χ4n) is 3.13. The summed E-state index contributed by atoms with van der Waals surface area (Å²) in [5, 5.41) is 17.0. The number of carboxylic acid groups (broad SMARTS) is 1. The van der Waals surface area contributed by atoms with E-state index >= 15 is 0 Å². The van der Waals surface area contributed by atoms with Crippen LogP contribution in [0.25, 0.3) is 0 Å². The summed E-state index contributed by atoms with van der Waals surface area (Å²) >= 11 is 5.78. The molecule has 0 aliphatic rings. The number of amides is 3. The fourth-order valence-corrected chi connectivity index (χ4v) is 4.02. The van der Waals surface area contributed by atoms with Crippen LogP contribution in [-0.4, -0.2) is 38.0 Å². The smallest absolute Gasteiger partial charge is 0.339 e. The predicted molar refractivity (Wildman–Crippen MR) is 134 cm³/mol. The molecular formula is C24H21ClFN3O7S. The van der Waals surface area contributed by atoms with Gasteiger partial charge in [0.1, 0.15) is 16.2 Å². The molecule has 0 saturated carbocycles. The van der Waals surface area contributed by atoms with Crippen molar-refractivity contribution in [2.75, 3.05) is 17.2 Å². The molecule has 0 unspecified atom stereocenters. The van der Waals surface area contributed by atoms with E-state index in [0.717, 1.165) is 6.07 Å². The summed E-state index contributed by atoms with van der Waals surface area (Å²) in [6, 6.07) is 13.7. The highest BCUT2D eigenvalue weighted by atomic mass is 35.5. The molecule has 0 spiro atoms. The highest BCUT2D eigenvalue weighted by Crippen LogP contribution is 2.23. The van der Waals surface area contributed by atoms with Gasteiger partial charge in [-0.1, -0.05) is 29.8 Å². The van der Waals surface area contributed by atoms with E-state index in [2.05, 4.69) is 16.0 Å². The van der Waals surface area contributed by atoms with E-state index in [1.807, 2.05) is 0 Å². The van der Waals surface area contributed by atoms with Gasteiger partial charge in [-0.25, -0.2) is 9.59 Å². The lowest BCUT2D eigenvalue weighted by atomic mass is 10.2. The lowest BCUT2D eigenvalue weighted by Crippen LogP contribution is -2.28. The molecule has 194 valence electrons. The quantitative estimate of drug-likeness (QED) is 0.290. The molecule has 0 aliphatic heterocycles. The monoisotopic (exact) mass is 549 g/mol. The minimum Gasteiger partial charge on any atom is -0.483 e. The van der Waals surface area contributed by atoms with Crippen LogP contribution in [0.1, 0.15) is 21.5 Å². The van der Waals surface area contributed by atoms with Gasteiger partial charge in [-0.15, -0.1) is 3.89 Å². The number of aromatic carboxylic acids is 1. The van der Waals surface area contributed by atoms with Crippen molar-refractivity contribution in [1.82, 2.24) is 5.32 Å². The molecule has 0 heterocycles. The molecule has 0 radical (unpaired) electrons. The van der Waals surface area contributed by atoms with Crippen LogP contribution in [0.5, 0.6) is 5.75 Å². The number of nitrogens with one attached hydrogen (secondary N) is 3. The van der Waals surface area contributed by atoms with E-state index in [9.17, 15) is 31.8 Å². The highest BCUT2D eigenvalue weighted by Gasteiger charge is 2.17. The number of urea groups is 1. The lowest BCUT2D eigenvalue weighted by molar-refractivity contribution is -0.123. The maximum Gasteiger partial charge on any atom is 0.339 e. The SMILES string of the molecule is Cc1ccc(NC(=O)Nc2ccc(CNC(=O)COc3ccc(Cl)cc3C(=O)O)cc2)cc1S(=O)(=O)F. The Kier molecular flexibility index (Phi) is 8.69. The Morgan fingerprint density at radius 1 is 0.973 bits per heavy atom. The average Bonchev–Trinajstić information content (AvgIpc) is 2.83. The number of hydrogen-bond acceptors (Lipinski definition) is 6. The van der Waals surface area contributed by atoms with E-state index in [1.165, 1.54) is 37.3 Å². The van der Waals surface area contributed by atoms with Gasteiger partial charge in [0, 0.05) is 22.9 Å². The van der Waals surface area contributed by atoms with Crippen molar-refractivity contribution in [3.63, 3.8) is 0 Å². The molecule has 10 nitrogen and oxygen atoms in total. The first-order valence-electron chi connectivity index (χ1n) is 10.6. The Labute approximate surface area is 216 Å². The van der Waals surface area contributed by atoms with Crippen molar-refractivity contribution in [3.8, 4) is 5.75 Å². The second-order valence-corrected chi connectivity index (χ2v) is 9.46. The lowest BCUT2D eigenvalue weighted by Gasteiger charge is -2.11. The van der Waals surface area contributed by atoms with Crippen LogP contribution in [0.2, 0.25) is 5.02 Å². The topological polar surface area (TPSA) is 151 Å². The molecule has 0 saturated heterocycles. The minimum atomic E-state index is -4.93. The van der Waals surface area contributed by atoms with Gasteiger partial charge in [-0.05, 0) is 60.5 Å². The predicted octanol–water partition coefficient (Wildman–Crippen LogP) is 4.34. The third-order valence-corrected chi connectivity index (χ3v) is 6.14. The first-order valence-corrected chi connectivity index (χ1v) is 12.3. The molecule has 0 aliphatic carbocycles. The number of carboxylic acids is 1. The average molecular weight is 550 g/mol. The van der Waals surface area contributed by atoms with Crippen molar-refractivity contribution in [1.29, 1.82) is 0 Å². The molecule has 0 atom stereocenters. The third kappa shape index (κ3) is 7.92. The standard InChI is InChI=1S/C24H21ClFN3O7S/c1-14-2-6-18(11-21(14)37(26,34)35)29-24(33)28-17-7-3-15(4-8-17)12-27-22(30)13-36-20-9-5-16(25)10-19(20)23(31)32/h2-11H,12-13H2,1H3,(H,27,30)(H,31,32)(H2,28,29,33). The number of halogens is 2. The summed E-state index contributed by atoms with van der Waals surface area (Å²) in [5.74, 6) is -1.72.